The summed E-state index contributed by atoms with van der Waals surface area (Å²) in [5.41, 5.74) is 1.86. The summed E-state index contributed by atoms with van der Waals surface area (Å²) < 4.78 is 32.8. The van der Waals surface area contributed by atoms with Gasteiger partial charge in [-0.25, -0.2) is 8.42 Å². The Morgan fingerprint density at radius 2 is 1.66 bits per heavy atom. The van der Waals surface area contributed by atoms with Gasteiger partial charge in [-0.1, -0.05) is 39.8 Å². The molecule has 0 aromatic heterocycles. The Kier molecular flexibility index (Phi) is 7.62. The zero-order chi connectivity index (χ0) is 23.4. The van der Waals surface area contributed by atoms with Crippen LogP contribution in [0.2, 0.25) is 0 Å². The molecule has 1 aliphatic heterocycles. The van der Waals surface area contributed by atoms with Gasteiger partial charge in [0.15, 0.2) is 6.61 Å². The Hall–Kier alpha value is -2.38. The van der Waals surface area contributed by atoms with E-state index in [2.05, 4.69) is 33.0 Å². The first kappa shape index (κ1) is 24.3. The minimum Gasteiger partial charge on any atom is -0.484 e. The van der Waals surface area contributed by atoms with E-state index in [0.29, 0.717) is 30.4 Å². The molecule has 3 rings (SSSR count). The van der Waals surface area contributed by atoms with Gasteiger partial charge >= 0.3 is 0 Å². The SMILES string of the molecule is CCC(C)(C)c1ccc(OCC(=O)Nc2ccc(S(=O)(=O)N3CCC(C)CC3)cc2)cc1. The van der Waals surface area contributed by atoms with Crippen LogP contribution in [0.1, 0.15) is 52.5 Å². The van der Waals surface area contributed by atoms with Gasteiger partial charge in [-0.15, -0.1) is 0 Å². The second-order valence-corrected chi connectivity index (χ2v) is 11.1. The van der Waals surface area contributed by atoms with Crippen LogP contribution in [0.25, 0.3) is 0 Å². The molecule has 0 atom stereocenters. The summed E-state index contributed by atoms with van der Waals surface area (Å²) in [7, 11) is -3.50. The third-order valence-electron chi connectivity index (χ3n) is 6.41. The number of sulfonamides is 1. The predicted molar refractivity (Wildman–Crippen MR) is 127 cm³/mol. The van der Waals surface area contributed by atoms with Gasteiger partial charge < -0.3 is 10.1 Å². The number of nitrogens with zero attached hydrogens (tertiary/aromatic N) is 1. The molecule has 174 valence electrons. The highest BCUT2D eigenvalue weighted by Crippen LogP contribution is 2.28. The van der Waals surface area contributed by atoms with Gasteiger partial charge in [-0.2, -0.15) is 4.31 Å². The van der Waals surface area contributed by atoms with E-state index in [9.17, 15) is 13.2 Å². The van der Waals surface area contributed by atoms with Gasteiger partial charge in [0, 0.05) is 18.8 Å². The normalized spacial score (nSPS) is 16.0. The van der Waals surface area contributed by atoms with E-state index in [-0.39, 0.29) is 22.8 Å². The molecule has 32 heavy (non-hydrogen) atoms. The molecule has 0 radical (unpaired) electrons. The minimum absolute atomic E-state index is 0.0992. The van der Waals surface area contributed by atoms with E-state index in [1.165, 1.54) is 17.7 Å². The average molecular weight is 459 g/mol. The number of benzene rings is 2. The van der Waals surface area contributed by atoms with Crippen molar-refractivity contribution in [3.63, 3.8) is 0 Å². The zero-order valence-corrected chi connectivity index (χ0v) is 20.2. The minimum atomic E-state index is -3.50. The number of carbonyl (C=O) groups excluding carboxylic acids is 1. The van der Waals surface area contributed by atoms with E-state index < -0.39 is 10.0 Å². The molecule has 6 nitrogen and oxygen atoms in total. The molecule has 0 aliphatic carbocycles. The van der Waals surface area contributed by atoms with Crippen LogP contribution < -0.4 is 10.1 Å². The summed E-state index contributed by atoms with van der Waals surface area (Å²) in [6.07, 6.45) is 2.80. The van der Waals surface area contributed by atoms with Crippen LogP contribution in [0.5, 0.6) is 5.75 Å². The van der Waals surface area contributed by atoms with E-state index in [1.54, 1.807) is 16.4 Å². The van der Waals surface area contributed by atoms with E-state index in [4.69, 9.17) is 4.74 Å². The molecule has 1 N–H and O–H groups in total. The summed E-state index contributed by atoms with van der Waals surface area (Å²) in [4.78, 5) is 12.5. The van der Waals surface area contributed by atoms with Crippen molar-refractivity contribution in [2.45, 2.75) is 57.3 Å². The molecule has 0 saturated carbocycles. The summed E-state index contributed by atoms with van der Waals surface area (Å²) >= 11 is 0. The largest absolute Gasteiger partial charge is 0.484 e. The van der Waals surface area contributed by atoms with Gasteiger partial charge in [-0.3, -0.25) is 4.79 Å². The maximum absolute atomic E-state index is 12.8. The smallest absolute Gasteiger partial charge is 0.262 e. The van der Waals surface area contributed by atoms with E-state index >= 15 is 0 Å². The predicted octanol–water partition coefficient (Wildman–Crippen LogP) is 4.81. The standard InChI is InChI=1S/C25H34N2O4S/c1-5-25(3,4)20-6-10-22(11-7-20)31-18-24(28)26-21-8-12-23(13-9-21)32(29,30)27-16-14-19(2)15-17-27/h6-13,19H,5,14-18H2,1-4H3,(H,26,28). The number of ether oxygens (including phenoxy) is 1. The molecule has 1 heterocycles. The fourth-order valence-electron chi connectivity index (χ4n) is 3.64. The molecule has 0 spiro atoms. The Morgan fingerprint density at radius 1 is 1.06 bits per heavy atom. The monoisotopic (exact) mass is 458 g/mol. The molecule has 1 aliphatic rings. The summed E-state index contributed by atoms with van der Waals surface area (Å²) in [5, 5.41) is 2.75. The first-order valence-electron chi connectivity index (χ1n) is 11.3. The summed E-state index contributed by atoms with van der Waals surface area (Å²) in [5.74, 6) is 0.888. The summed E-state index contributed by atoms with van der Waals surface area (Å²) in [6, 6.07) is 14.1. The number of piperidine rings is 1. The number of carbonyl (C=O) groups is 1. The Morgan fingerprint density at radius 3 is 2.22 bits per heavy atom. The molecule has 2 aromatic carbocycles. The molecule has 0 bridgehead atoms. The highest BCUT2D eigenvalue weighted by molar-refractivity contribution is 7.89. The van der Waals surface area contributed by atoms with Gasteiger partial charge in [0.2, 0.25) is 10.0 Å². The number of rotatable bonds is 8. The van der Waals surface area contributed by atoms with Crippen molar-refractivity contribution < 1.29 is 17.9 Å². The third kappa shape index (κ3) is 5.90. The third-order valence-corrected chi connectivity index (χ3v) is 8.32. The van der Waals surface area contributed by atoms with Crippen molar-refractivity contribution in [2.24, 2.45) is 5.92 Å². The van der Waals surface area contributed by atoms with Gasteiger partial charge in [-0.05, 0) is 72.6 Å². The topological polar surface area (TPSA) is 75.7 Å². The number of nitrogens with one attached hydrogen (secondary N) is 1. The van der Waals surface area contributed by atoms with Crippen LogP contribution in [-0.4, -0.2) is 38.3 Å². The molecule has 7 heteroatoms. The lowest BCUT2D eigenvalue weighted by Crippen LogP contribution is -2.37. The van der Waals surface area contributed by atoms with Crippen molar-refractivity contribution in [1.82, 2.24) is 4.31 Å². The number of hydrogen-bond acceptors (Lipinski definition) is 4. The summed E-state index contributed by atoms with van der Waals surface area (Å²) in [6.45, 7) is 9.67. The Balaban J connectivity index is 1.53. The Bertz CT molecular complexity index is 1010. The quantitative estimate of drug-likeness (QED) is 0.616. The maximum atomic E-state index is 12.8. The van der Waals surface area contributed by atoms with Crippen LogP contribution in [-0.2, 0) is 20.2 Å². The number of anilines is 1. The first-order chi connectivity index (χ1) is 15.1. The fourth-order valence-corrected chi connectivity index (χ4v) is 5.11. The molecule has 2 aromatic rings. The van der Waals surface area contributed by atoms with E-state index in [0.717, 1.165) is 19.3 Å². The second kappa shape index (κ2) is 10.0. The highest BCUT2D eigenvalue weighted by atomic mass is 32.2. The number of hydrogen-bond donors (Lipinski definition) is 1. The van der Waals surface area contributed by atoms with Gasteiger partial charge in [0.1, 0.15) is 5.75 Å². The van der Waals surface area contributed by atoms with Gasteiger partial charge in [0.25, 0.3) is 5.91 Å². The van der Waals surface area contributed by atoms with Crippen molar-refractivity contribution in [3.05, 3.63) is 54.1 Å². The van der Waals surface area contributed by atoms with Crippen LogP contribution in [0.15, 0.2) is 53.4 Å². The Labute approximate surface area is 192 Å². The van der Waals surface area contributed by atoms with Crippen molar-refractivity contribution in [1.29, 1.82) is 0 Å². The van der Waals surface area contributed by atoms with Crippen LogP contribution in [0.4, 0.5) is 5.69 Å². The van der Waals surface area contributed by atoms with Crippen molar-refractivity contribution in [2.75, 3.05) is 25.0 Å². The van der Waals surface area contributed by atoms with Crippen molar-refractivity contribution >= 4 is 21.6 Å². The zero-order valence-electron chi connectivity index (χ0n) is 19.4. The lowest BCUT2D eigenvalue weighted by molar-refractivity contribution is -0.118. The fraction of sp³-hybridized carbons (Fsp3) is 0.480. The molecule has 1 saturated heterocycles. The van der Waals surface area contributed by atoms with Crippen molar-refractivity contribution in [3.8, 4) is 5.75 Å². The van der Waals surface area contributed by atoms with E-state index in [1.807, 2.05) is 24.3 Å². The first-order valence-corrected chi connectivity index (χ1v) is 12.7. The average Bonchev–Trinajstić information content (AvgIpc) is 2.78. The molecular weight excluding hydrogens is 424 g/mol. The molecule has 0 unspecified atom stereocenters. The lowest BCUT2D eigenvalue weighted by atomic mass is 9.82. The van der Waals surface area contributed by atoms with Crippen LogP contribution in [0, 0.1) is 5.92 Å². The highest BCUT2D eigenvalue weighted by Gasteiger charge is 2.28. The molecule has 1 amide bonds. The van der Waals surface area contributed by atoms with Gasteiger partial charge in [0.05, 0.1) is 4.90 Å². The van der Waals surface area contributed by atoms with Crippen LogP contribution >= 0.6 is 0 Å². The number of amides is 1. The lowest BCUT2D eigenvalue weighted by Gasteiger charge is -2.29. The van der Waals surface area contributed by atoms with Crippen LogP contribution in [0.3, 0.4) is 0 Å². The maximum Gasteiger partial charge on any atom is 0.262 e. The molecular formula is C25H34N2O4S. The second-order valence-electron chi connectivity index (χ2n) is 9.21. The molecule has 1 fully saturated rings.